The molecular weight excluding hydrogens is 338 g/mol. The van der Waals surface area contributed by atoms with Crippen molar-refractivity contribution in [2.24, 2.45) is 0 Å². The summed E-state index contributed by atoms with van der Waals surface area (Å²) in [6.45, 7) is 2.13. The molecule has 1 aliphatic rings. The van der Waals surface area contributed by atoms with Crippen molar-refractivity contribution in [1.29, 1.82) is 0 Å². The monoisotopic (exact) mass is 361 g/mol. The fraction of sp³-hybridized carbons (Fsp3) is 0.286. The third-order valence-electron chi connectivity index (χ3n) is 4.97. The lowest BCUT2D eigenvalue weighted by Crippen LogP contribution is -2.38. The summed E-state index contributed by atoms with van der Waals surface area (Å²) in [5, 5.41) is 6.78. The highest BCUT2D eigenvalue weighted by Gasteiger charge is 2.17. The molecule has 3 aromatic rings. The third-order valence-corrected chi connectivity index (χ3v) is 4.97. The van der Waals surface area contributed by atoms with Gasteiger partial charge in [-0.1, -0.05) is 30.3 Å². The molecule has 0 radical (unpaired) electrons. The maximum Gasteiger partial charge on any atom is 0.236 e. The molecule has 0 bridgehead atoms. The first-order valence-corrected chi connectivity index (χ1v) is 9.12. The average molecular weight is 361 g/mol. The maximum atomic E-state index is 11.9. The predicted octanol–water partition coefficient (Wildman–Crippen LogP) is 2.60. The summed E-state index contributed by atoms with van der Waals surface area (Å²) in [6, 6.07) is 10.2. The number of rotatable bonds is 4. The minimum absolute atomic E-state index is 0.140. The molecule has 0 saturated carbocycles. The molecule has 6 nitrogen and oxygen atoms in total. The molecule has 0 saturated heterocycles. The van der Waals surface area contributed by atoms with Gasteiger partial charge in [-0.15, -0.1) is 0 Å². The van der Waals surface area contributed by atoms with E-state index < -0.39 is 0 Å². The van der Waals surface area contributed by atoms with Crippen LogP contribution < -0.4 is 0 Å². The van der Waals surface area contributed by atoms with Gasteiger partial charge in [-0.3, -0.25) is 9.69 Å². The van der Waals surface area contributed by atoms with E-state index in [-0.39, 0.29) is 5.91 Å². The lowest BCUT2D eigenvalue weighted by atomic mass is 10.0. The van der Waals surface area contributed by atoms with Crippen molar-refractivity contribution in [3.8, 4) is 5.82 Å². The Morgan fingerprint density at radius 1 is 1.22 bits per heavy atom. The summed E-state index contributed by atoms with van der Waals surface area (Å²) < 4.78 is 1.85. The molecule has 4 rings (SSSR count). The maximum absolute atomic E-state index is 11.9. The zero-order valence-corrected chi connectivity index (χ0v) is 15.7. The third kappa shape index (κ3) is 3.61. The number of likely N-dealkylation sites (N-methyl/N-ethyl adjacent to an activating group) is 1. The van der Waals surface area contributed by atoms with Crippen LogP contribution in [0.1, 0.15) is 12.0 Å². The first-order valence-electron chi connectivity index (χ1n) is 9.12. The number of carbonyl (C=O) groups excluding carboxylic acids is 1. The topological polar surface area (TPSA) is 54.3 Å². The van der Waals surface area contributed by atoms with E-state index >= 15 is 0 Å². The second kappa shape index (κ2) is 7.32. The van der Waals surface area contributed by atoms with E-state index in [2.05, 4.69) is 33.2 Å². The molecule has 0 aliphatic carbocycles. The minimum atomic E-state index is 0.140. The van der Waals surface area contributed by atoms with Crippen LogP contribution in [0, 0.1) is 0 Å². The standard InChI is InChI=1S/C21H23N5O/c1-24(2)20(27)15-25-11-8-16(9-12-25)18-13-23-26(14-18)21-19-6-4-3-5-17(19)7-10-22-21/h3-8,10,13-14H,9,11-12,15H2,1-2H3. The van der Waals surface area contributed by atoms with Crippen LogP contribution in [0.5, 0.6) is 0 Å². The average Bonchev–Trinajstić information content (AvgIpc) is 3.18. The molecule has 2 aromatic heterocycles. The number of nitrogens with zero attached hydrogens (tertiary/aromatic N) is 5. The fourth-order valence-corrected chi connectivity index (χ4v) is 3.34. The van der Waals surface area contributed by atoms with Crippen molar-refractivity contribution in [3.05, 3.63) is 60.6 Å². The first kappa shape index (κ1) is 17.4. The lowest BCUT2D eigenvalue weighted by molar-refractivity contribution is -0.129. The van der Waals surface area contributed by atoms with Crippen molar-refractivity contribution in [1.82, 2.24) is 24.6 Å². The number of hydrogen-bond donors (Lipinski definition) is 0. The fourth-order valence-electron chi connectivity index (χ4n) is 3.34. The van der Waals surface area contributed by atoms with Crippen LogP contribution in [0.15, 0.2) is 55.0 Å². The Bertz CT molecular complexity index is 999. The molecule has 6 heteroatoms. The summed E-state index contributed by atoms with van der Waals surface area (Å²) in [7, 11) is 3.59. The second-order valence-electron chi connectivity index (χ2n) is 7.03. The quantitative estimate of drug-likeness (QED) is 0.717. The zero-order valence-electron chi connectivity index (χ0n) is 15.7. The minimum Gasteiger partial charge on any atom is -0.348 e. The van der Waals surface area contributed by atoms with Gasteiger partial charge in [-0.2, -0.15) is 5.10 Å². The number of hydrogen-bond acceptors (Lipinski definition) is 4. The lowest BCUT2D eigenvalue weighted by Gasteiger charge is -2.26. The summed E-state index contributed by atoms with van der Waals surface area (Å²) in [5.41, 5.74) is 2.39. The van der Waals surface area contributed by atoms with Crippen LogP contribution in [-0.4, -0.2) is 64.2 Å². The number of aromatic nitrogens is 3. The Balaban J connectivity index is 1.53. The van der Waals surface area contributed by atoms with Crippen molar-refractivity contribution in [3.63, 3.8) is 0 Å². The normalized spacial score (nSPS) is 15.0. The van der Waals surface area contributed by atoms with Crippen molar-refractivity contribution < 1.29 is 4.79 Å². The molecule has 1 aromatic carbocycles. The van der Waals surface area contributed by atoms with E-state index in [1.54, 1.807) is 19.0 Å². The summed E-state index contributed by atoms with van der Waals surface area (Å²) in [4.78, 5) is 20.2. The van der Waals surface area contributed by atoms with E-state index in [0.29, 0.717) is 6.54 Å². The van der Waals surface area contributed by atoms with E-state index in [1.807, 2.05) is 41.5 Å². The van der Waals surface area contributed by atoms with Gasteiger partial charge in [0.1, 0.15) is 0 Å². The van der Waals surface area contributed by atoms with Crippen LogP contribution in [0.4, 0.5) is 0 Å². The Hall–Kier alpha value is -2.99. The molecule has 0 spiro atoms. The van der Waals surface area contributed by atoms with E-state index in [4.69, 9.17) is 0 Å². The molecule has 1 amide bonds. The van der Waals surface area contributed by atoms with Crippen LogP contribution in [-0.2, 0) is 4.79 Å². The first-order chi connectivity index (χ1) is 13.1. The van der Waals surface area contributed by atoms with Gasteiger partial charge in [0.2, 0.25) is 5.91 Å². The van der Waals surface area contributed by atoms with Crippen LogP contribution in [0.3, 0.4) is 0 Å². The van der Waals surface area contributed by atoms with Gasteiger partial charge in [0.15, 0.2) is 5.82 Å². The molecule has 27 heavy (non-hydrogen) atoms. The number of fused-ring (bicyclic) bond motifs is 1. The Kier molecular flexibility index (Phi) is 4.73. The van der Waals surface area contributed by atoms with Gasteiger partial charge in [-0.05, 0) is 23.4 Å². The molecule has 1 aliphatic heterocycles. The molecule has 3 heterocycles. The van der Waals surface area contributed by atoms with Gasteiger partial charge in [0, 0.05) is 50.5 Å². The van der Waals surface area contributed by atoms with Crippen LogP contribution >= 0.6 is 0 Å². The number of pyridine rings is 1. The van der Waals surface area contributed by atoms with E-state index in [0.717, 1.165) is 41.7 Å². The highest BCUT2D eigenvalue weighted by Crippen LogP contribution is 2.24. The molecule has 0 atom stereocenters. The van der Waals surface area contributed by atoms with Crippen molar-refractivity contribution in [2.45, 2.75) is 6.42 Å². The van der Waals surface area contributed by atoms with Gasteiger partial charge in [-0.25, -0.2) is 9.67 Å². The summed E-state index contributed by atoms with van der Waals surface area (Å²) in [5.74, 6) is 0.982. The molecule has 0 fully saturated rings. The Morgan fingerprint density at radius 2 is 2.07 bits per heavy atom. The SMILES string of the molecule is CN(C)C(=O)CN1CC=C(c2cnn(-c3nccc4ccccc34)c2)CC1. The second-order valence-corrected chi connectivity index (χ2v) is 7.03. The number of benzene rings is 1. The van der Waals surface area contributed by atoms with Gasteiger partial charge >= 0.3 is 0 Å². The van der Waals surface area contributed by atoms with Gasteiger partial charge in [0.25, 0.3) is 0 Å². The summed E-state index contributed by atoms with van der Waals surface area (Å²) >= 11 is 0. The molecule has 138 valence electrons. The van der Waals surface area contributed by atoms with E-state index in [9.17, 15) is 4.79 Å². The smallest absolute Gasteiger partial charge is 0.236 e. The highest BCUT2D eigenvalue weighted by atomic mass is 16.2. The number of carbonyl (C=O) groups is 1. The van der Waals surface area contributed by atoms with Crippen molar-refractivity contribution in [2.75, 3.05) is 33.7 Å². The summed E-state index contributed by atoms with van der Waals surface area (Å²) in [6.07, 6.45) is 8.87. The van der Waals surface area contributed by atoms with E-state index in [1.165, 1.54) is 5.57 Å². The van der Waals surface area contributed by atoms with Gasteiger partial charge < -0.3 is 4.90 Å². The zero-order chi connectivity index (χ0) is 18.8. The van der Waals surface area contributed by atoms with Crippen molar-refractivity contribution >= 4 is 22.3 Å². The molecule has 0 N–H and O–H groups in total. The highest BCUT2D eigenvalue weighted by molar-refractivity contribution is 5.88. The molecular formula is C21H23N5O. The van der Waals surface area contributed by atoms with Crippen LogP contribution in [0.2, 0.25) is 0 Å². The number of amides is 1. The largest absolute Gasteiger partial charge is 0.348 e. The Labute approximate surface area is 158 Å². The molecule has 0 unspecified atom stereocenters. The van der Waals surface area contributed by atoms with Crippen LogP contribution in [0.25, 0.3) is 22.2 Å². The van der Waals surface area contributed by atoms with Gasteiger partial charge in [0.05, 0.1) is 12.7 Å². The Morgan fingerprint density at radius 3 is 2.85 bits per heavy atom. The predicted molar refractivity (Wildman–Crippen MR) is 107 cm³/mol.